The zero-order chi connectivity index (χ0) is 24.2. The van der Waals surface area contributed by atoms with Crippen LogP contribution in [0.1, 0.15) is 54.4 Å². The predicted molar refractivity (Wildman–Crippen MR) is 122 cm³/mol. The Balaban J connectivity index is 4.97. The summed E-state index contributed by atoms with van der Waals surface area (Å²) in [7, 11) is -3.47. The minimum absolute atomic E-state index is 0.0153. The highest BCUT2D eigenvalue weighted by atomic mass is 31.2. The van der Waals surface area contributed by atoms with Crippen molar-refractivity contribution in [2.24, 2.45) is 11.7 Å². The van der Waals surface area contributed by atoms with Crippen LogP contribution in [-0.4, -0.2) is 66.2 Å². The molecule has 0 aliphatic carbocycles. The van der Waals surface area contributed by atoms with E-state index in [-0.39, 0.29) is 37.5 Å². The van der Waals surface area contributed by atoms with Crippen LogP contribution in [0, 0.1) is 5.92 Å². The molecule has 0 radical (unpaired) electrons. The zero-order valence-electron chi connectivity index (χ0n) is 19.5. The molecule has 0 spiro atoms. The third kappa shape index (κ3) is 12.7. The molecule has 0 aromatic heterocycles. The van der Waals surface area contributed by atoms with Crippen LogP contribution in [0.5, 0.6) is 0 Å². The van der Waals surface area contributed by atoms with E-state index in [1.807, 2.05) is 27.7 Å². The summed E-state index contributed by atoms with van der Waals surface area (Å²) in [5.41, 5.74) is 4.61. The molecule has 0 saturated carbocycles. The molecule has 182 valence electrons. The molecule has 0 aliphatic rings. The fourth-order valence-electron chi connectivity index (χ4n) is 2.69. The molecule has 0 rings (SSSR count). The number of hydrogen-bond donors (Lipinski definition) is 7. The number of hydrogen-bond acceptors (Lipinski definition) is 5. The van der Waals surface area contributed by atoms with Gasteiger partial charge < -0.3 is 31.9 Å². The zero-order valence-corrected chi connectivity index (χ0v) is 20.4. The Morgan fingerprint density at radius 1 is 0.935 bits per heavy atom. The summed E-state index contributed by atoms with van der Waals surface area (Å²) in [6, 6.07) is -1.85. The number of amides is 4. The van der Waals surface area contributed by atoms with Gasteiger partial charge in [0.15, 0.2) is 0 Å². The number of carbonyl (C=O) groups excluding carboxylic acids is 3. The van der Waals surface area contributed by atoms with Crippen LogP contribution in [0.25, 0.3) is 0 Å². The lowest BCUT2D eigenvalue weighted by atomic mass is 10.0. The summed E-state index contributed by atoms with van der Waals surface area (Å²) in [6.45, 7) is 11.5. The second-order valence-electron chi connectivity index (χ2n) is 8.45. The van der Waals surface area contributed by atoms with Crippen molar-refractivity contribution in [3.63, 3.8) is 0 Å². The lowest BCUT2D eigenvalue weighted by Crippen LogP contribution is -2.55. The molecule has 0 aliphatic heterocycles. The van der Waals surface area contributed by atoms with Crippen molar-refractivity contribution < 1.29 is 23.8 Å². The summed E-state index contributed by atoms with van der Waals surface area (Å²) < 4.78 is 11.9. The third-order valence-electron chi connectivity index (χ3n) is 4.53. The summed E-state index contributed by atoms with van der Waals surface area (Å²) in [5, 5.41) is 13.7. The maximum absolute atomic E-state index is 12.8. The van der Waals surface area contributed by atoms with Crippen LogP contribution in [-0.2, 0) is 14.2 Å². The summed E-state index contributed by atoms with van der Waals surface area (Å²) in [6.07, 6.45) is 0.727. The summed E-state index contributed by atoms with van der Waals surface area (Å²) in [4.78, 5) is 46.1. The Morgan fingerprint density at radius 2 is 1.55 bits per heavy atom. The van der Waals surface area contributed by atoms with Crippen molar-refractivity contribution in [3.05, 3.63) is 0 Å². The number of carbonyl (C=O) groups is 3. The van der Waals surface area contributed by atoms with Gasteiger partial charge in [0.05, 0.1) is 6.04 Å². The maximum atomic E-state index is 12.8. The average molecular weight is 465 g/mol. The number of nitrogens with one attached hydrogen (secondary N) is 5. The molecule has 0 heterocycles. The molecule has 0 aromatic carbocycles. The van der Waals surface area contributed by atoms with Gasteiger partial charge >= 0.3 is 6.03 Å². The van der Waals surface area contributed by atoms with Gasteiger partial charge in [-0.05, 0) is 18.8 Å². The Morgan fingerprint density at radius 3 is 2.03 bits per heavy atom. The second kappa shape index (κ2) is 14.4. The first-order chi connectivity index (χ1) is 14.3. The van der Waals surface area contributed by atoms with Gasteiger partial charge in [-0.2, -0.15) is 0 Å². The quantitative estimate of drug-likeness (QED) is 0.134. The van der Waals surface area contributed by atoms with Crippen molar-refractivity contribution in [1.29, 1.82) is 0 Å². The minimum Gasteiger partial charge on any atom is -0.353 e. The van der Waals surface area contributed by atoms with Crippen LogP contribution >= 0.6 is 7.52 Å². The number of rotatable bonds is 15. The Kier molecular flexibility index (Phi) is 13.6. The van der Waals surface area contributed by atoms with E-state index in [2.05, 4.69) is 26.4 Å². The minimum atomic E-state index is -3.47. The fourth-order valence-corrected chi connectivity index (χ4v) is 3.48. The van der Waals surface area contributed by atoms with Gasteiger partial charge in [-0.1, -0.05) is 41.5 Å². The SMILES string of the molecule is CC(C)N[C@H](C(=O)N[C@@H](CCCNC(N)=O)C(=O)NCCNP(=O)(O)C(C)C)C(C)C. The molecule has 3 atom stereocenters. The predicted octanol–water partition coefficient (Wildman–Crippen LogP) is 0.242. The normalized spacial score (nSPS) is 15.4. The average Bonchev–Trinajstić information content (AvgIpc) is 2.64. The molecule has 4 amide bonds. The number of primary amides is 1. The van der Waals surface area contributed by atoms with E-state index in [0.717, 1.165) is 0 Å². The van der Waals surface area contributed by atoms with Gasteiger partial charge in [-0.15, -0.1) is 0 Å². The number of urea groups is 1. The molecular weight excluding hydrogens is 423 g/mol. The van der Waals surface area contributed by atoms with E-state index >= 15 is 0 Å². The largest absolute Gasteiger partial charge is 0.353 e. The van der Waals surface area contributed by atoms with Crippen molar-refractivity contribution in [1.82, 2.24) is 26.4 Å². The summed E-state index contributed by atoms with van der Waals surface area (Å²) in [5.74, 6) is -0.676. The van der Waals surface area contributed by atoms with Gasteiger partial charge in [0.1, 0.15) is 6.04 Å². The van der Waals surface area contributed by atoms with Gasteiger partial charge in [0.25, 0.3) is 7.52 Å². The van der Waals surface area contributed by atoms with E-state index in [4.69, 9.17) is 5.73 Å². The highest BCUT2D eigenvalue weighted by Crippen LogP contribution is 2.40. The van der Waals surface area contributed by atoms with E-state index in [1.54, 1.807) is 13.8 Å². The lowest BCUT2D eigenvalue weighted by molar-refractivity contribution is -0.130. The van der Waals surface area contributed by atoms with Crippen LogP contribution in [0.15, 0.2) is 0 Å². The van der Waals surface area contributed by atoms with Crippen molar-refractivity contribution in [2.45, 2.75) is 78.2 Å². The Bertz CT molecular complexity index is 629. The first kappa shape index (κ1) is 29.3. The van der Waals surface area contributed by atoms with E-state index < -0.39 is 37.2 Å². The molecule has 12 heteroatoms. The molecule has 0 aromatic rings. The van der Waals surface area contributed by atoms with Crippen LogP contribution in [0.2, 0.25) is 0 Å². The molecule has 8 N–H and O–H groups in total. The molecule has 11 nitrogen and oxygen atoms in total. The third-order valence-corrected chi connectivity index (χ3v) is 6.60. The van der Waals surface area contributed by atoms with Crippen LogP contribution in [0.3, 0.4) is 0 Å². The maximum Gasteiger partial charge on any atom is 0.312 e. The molecule has 0 fully saturated rings. The van der Waals surface area contributed by atoms with Crippen molar-refractivity contribution in [3.8, 4) is 0 Å². The standard InChI is InChI=1S/C19H41N6O5P/c1-12(2)16(24-13(3)4)18(27)25-15(8-7-9-22-19(20)28)17(26)21-10-11-23-31(29,30)14(5)6/h12-16,24H,7-11H2,1-6H3,(H,21,26)(H,25,27)(H3,20,22,28)(H2,23,29,30)/t15-,16-/m0/s1. The highest BCUT2D eigenvalue weighted by Gasteiger charge is 2.28. The Hall–Kier alpha value is -1.68. The van der Waals surface area contributed by atoms with E-state index in [1.165, 1.54) is 0 Å². The number of nitrogens with two attached hydrogens (primary N) is 1. The van der Waals surface area contributed by atoms with Crippen molar-refractivity contribution in [2.75, 3.05) is 19.6 Å². The smallest absolute Gasteiger partial charge is 0.312 e. The highest BCUT2D eigenvalue weighted by molar-refractivity contribution is 7.56. The second-order valence-corrected chi connectivity index (χ2v) is 11.0. The van der Waals surface area contributed by atoms with Crippen LogP contribution in [0.4, 0.5) is 4.79 Å². The first-order valence-corrected chi connectivity index (χ1v) is 12.5. The van der Waals surface area contributed by atoms with Crippen LogP contribution < -0.4 is 32.1 Å². The molecule has 31 heavy (non-hydrogen) atoms. The monoisotopic (exact) mass is 464 g/mol. The van der Waals surface area contributed by atoms with Gasteiger partial charge in [-0.3, -0.25) is 14.2 Å². The molecule has 0 saturated heterocycles. The first-order valence-electron chi connectivity index (χ1n) is 10.7. The van der Waals surface area contributed by atoms with E-state index in [9.17, 15) is 23.8 Å². The Labute approximate surface area is 185 Å². The molecule has 0 bridgehead atoms. The van der Waals surface area contributed by atoms with Crippen molar-refractivity contribution >= 4 is 25.4 Å². The van der Waals surface area contributed by atoms with E-state index in [0.29, 0.717) is 12.8 Å². The lowest BCUT2D eigenvalue weighted by Gasteiger charge is -2.27. The van der Waals surface area contributed by atoms with Gasteiger partial charge in [0, 0.05) is 31.3 Å². The van der Waals surface area contributed by atoms with Gasteiger partial charge in [-0.25, -0.2) is 9.88 Å². The summed E-state index contributed by atoms with van der Waals surface area (Å²) >= 11 is 0. The molecular formula is C19H41N6O5P. The molecule has 1 unspecified atom stereocenters. The van der Waals surface area contributed by atoms with Gasteiger partial charge in [0.2, 0.25) is 11.8 Å². The topological polar surface area (TPSA) is 175 Å². The fraction of sp³-hybridized carbons (Fsp3) is 0.842.